The minimum absolute atomic E-state index is 0.0221. The van der Waals surface area contributed by atoms with Crippen LogP contribution in [0.15, 0.2) is 30.3 Å². The van der Waals surface area contributed by atoms with E-state index in [1.54, 1.807) is 0 Å². The fraction of sp³-hybridized carbons (Fsp3) is 0.533. The molecule has 1 aromatic rings. The van der Waals surface area contributed by atoms with Gasteiger partial charge in [-0.2, -0.15) is 0 Å². The van der Waals surface area contributed by atoms with Crippen molar-refractivity contribution in [3.63, 3.8) is 0 Å². The van der Waals surface area contributed by atoms with Gasteiger partial charge < -0.3 is 15.1 Å². The van der Waals surface area contributed by atoms with Crippen LogP contribution in [0.2, 0.25) is 0 Å². The average molecular weight is 278 g/mol. The number of aliphatic hydroxyl groups is 1. The summed E-state index contributed by atoms with van der Waals surface area (Å²) in [4.78, 5) is 15.0. The van der Waals surface area contributed by atoms with Crippen LogP contribution in [-0.4, -0.2) is 57.9 Å². The van der Waals surface area contributed by atoms with Crippen LogP contribution < -0.4 is 0 Å². The fourth-order valence-corrected chi connectivity index (χ4v) is 2.81. The van der Waals surface area contributed by atoms with E-state index in [4.69, 9.17) is 0 Å². The molecule has 0 unspecified atom stereocenters. The van der Waals surface area contributed by atoms with Gasteiger partial charge >= 0.3 is 6.09 Å². The normalized spacial score (nSPS) is 23.8. The van der Waals surface area contributed by atoms with Crippen LogP contribution in [0.3, 0.4) is 0 Å². The van der Waals surface area contributed by atoms with E-state index < -0.39 is 6.09 Å². The Labute approximate surface area is 119 Å². The molecule has 1 saturated heterocycles. The Kier molecular flexibility index (Phi) is 4.98. The summed E-state index contributed by atoms with van der Waals surface area (Å²) in [6, 6.07) is 10.2. The quantitative estimate of drug-likeness (QED) is 0.878. The summed E-state index contributed by atoms with van der Waals surface area (Å²) in [5, 5.41) is 18.4. The summed E-state index contributed by atoms with van der Waals surface area (Å²) in [5.74, 6) is 0. The van der Waals surface area contributed by atoms with E-state index >= 15 is 0 Å². The number of benzene rings is 1. The van der Waals surface area contributed by atoms with Gasteiger partial charge in [-0.05, 0) is 18.9 Å². The van der Waals surface area contributed by atoms with E-state index in [1.165, 1.54) is 10.5 Å². The highest BCUT2D eigenvalue weighted by atomic mass is 16.4. The Morgan fingerprint density at radius 3 is 2.60 bits per heavy atom. The van der Waals surface area contributed by atoms with Crippen molar-refractivity contribution in [3.05, 3.63) is 35.9 Å². The molecule has 0 bridgehead atoms. The van der Waals surface area contributed by atoms with E-state index in [1.807, 2.05) is 25.1 Å². The van der Waals surface area contributed by atoms with Crippen LogP contribution in [0.5, 0.6) is 0 Å². The van der Waals surface area contributed by atoms with E-state index in [9.17, 15) is 15.0 Å². The predicted molar refractivity (Wildman–Crippen MR) is 76.5 cm³/mol. The van der Waals surface area contributed by atoms with Crippen LogP contribution >= 0.6 is 0 Å². The number of nitrogens with zero attached hydrogens (tertiary/aromatic N) is 2. The highest BCUT2D eigenvalue weighted by molar-refractivity contribution is 5.65. The number of amides is 1. The van der Waals surface area contributed by atoms with Crippen molar-refractivity contribution in [3.8, 4) is 0 Å². The number of aliphatic hydroxyl groups excluding tert-OH is 1. The summed E-state index contributed by atoms with van der Waals surface area (Å²) < 4.78 is 0. The van der Waals surface area contributed by atoms with Crippen molar-refractivity contribution in [1.29, 1.82) is 0 Å². The number of piperazine rings is 1. The highest BCUT2D eigenvalue weighted by Crippen LogP contribution is 2.20. The molecule has 0 aliphatic carbocycles. The molecule has 1 amide bonds. The third-order valence-electron chi connectivity index (χ3n) is 3.89. The molecule has 2 rings (SSSR count). The highest BCUT2D eigenvalue weighted by Gasteiger charge is 2.33. The van der Waals surface area contributed by atoms with Crippen molar-refractivity contribution < 1.29 is 15.0 Å². The fourth-order valence-electron chi connectivity index (χ4n) is 2.81. The molecule has 1 aliphatic heterocycles. The summed E-state index contributed by atoms with van der Waals surface area (Å²) in [6.45, 7) is 3.97. The largest absolute Gasteiger partial charge is 0.465 e. The maximum absolute atomic E-state index is 11.2. The van der Waals surface area contributed by atoms with E-state index in [0.29, 0.717) is 19.5 Å². The predicted octanol–water partition coefficient (Wildman–Crippen LogP) is 1.62. The monoisotopic (exact) mass is 278 g/mol. The lowest BCUT2D eigenvalue weighted by molar-refractivity contribution is 0.0239. The molecule has 20 heavy (non-hydrogen) atoms. The second-order valence-electron chi connectivity index (χ2n) is 5.37. The zero-order valence-electron chi connectivity index (χ0n) is 11.8. The molecule has 0 saturated carbocycles. The van der Waals surface area contributed by atoms with Crippen molar-refractivity contribution in [2.24, 2.45) is 0 Å². The third-order valence-corrected chi connectivity index (χ3v) is 3.89. The maximum Gasteiger partial charge on any atom is 0.407 e. The topological polar surface area (TPSA) is 64.0 Å². The molecule has 5 heteroatoms. The van der Waals surface area contributed by atoms with Crippen molar-refractivity contribution in [1.82, 2.24) is 9.80 Å². The van der Waals surface area contributed by atoms with E-state index in [0.717, 1.165) is 6.54 Å². The van der Waals surface area contributed by atoms with Crippen LogP contribution in [0.1, 0.15) is 18.9 Å². The van der Waals surface area contributed by atoms with Gasteiger partial charge in [-0.1, -0.05) is 30.3 Å². The SMILES string of the molecule is C[C@@H]1CN(Cc2ccccc2)[C@@H](CCO)CN1C(=O)O. The molecule has 2 N–H and O–H groups in total. The second kappa shape index (κ2) is 6.72. The van der Waals surface area contributed by atoms with Crippen LogP contribution in [0, 0.1) is 0 Å². The smallest absolute Gasteiger partial charge is 0.407 e. The summed E-state index contributed by atoms with van der Waals surface area (Å²) in [5.41, 5.74) is 1.21. The first-order chi connectivity index (χ1) is 9.61. The molecule has 0 spiro atoms. The molecule has 0 radical (unpaired) electrons. The molecular formula is C15H22N2O3. The van der Waals surface area contributed by atoms with Gasteiger partial charge in [0.05, 0.1) is 0 Å². The summed E-state index contributed by atoms with van der Waals surface area (Å²) >= 11 is 0. The van der Waals surface area contributed by atoms with Gasteiger partial charge in [-0.15, -0.1) is 0 Å². The third kappa shape index (κ3) is 3.49. The molecule has 1 heterocycles. The van der Waals surface area contributed by atoms with Crippen LogP contribution in [0.4, 0.5) is 4.79 Å². The standard InChI is InChI=1S/C15H22N2O3/c1-12-9-16(10-13-5-3-2-4-6-13)14(7-8-18)11-17(12)15(19)20/h2-6,12,14,18H,7-11H2,1H3,(H,19,20)/t12-,14+/m1/s1. The molecular weight excluding hydrogens is 256 g/mol. The number of hydrogen-bond donors (Lipinski definition) is 2. The van der Waals surface area contributed by atoms with Gasteiger partial charge in [0.25, 0.3) is 0 Å². The molecule has 1 aromatic carbocycles. The minimum Gasteiger partial charge on any atom is -0.465 e. The summed E-state index contributed by atoms with van der Waals surface area (Å²) in [7, 11) is 0. The van der Waals surface area contributed by atoms with Crippen LogP contribution in [0.25, 0.3) is 0 Å². The van der Waals surface area contributed by atoms with Gasteiger partial charge in [0.15, 0.2) is 0 Å². The van der Waals surface area contributed by atoms with Crippen molar-refractivity contribution in [2.45, 2.75) is 32.0 Å². The molecule has 2 atom stereocenters. The first-order valence-corrected chi connectivity index (χ1v) is 7.00. The van der Waals surface area contributed by atoms with Crippen molar-refractivity contribution in [2.75, 3.05) is 19.7 Å². The Morgan fingerprint density at radius 2 is 2.00 bits per heavy atom. The van der Waals surface area contributed by atoms with Crippen molar-refractivity contribution >= 4 is 6.09 Å². The molecule has 1 fully saturated rings. The number of carbonyl (C=O) groups is 1. The number of hydrogen-bond acceptors (Lipinski definition) is 3. The molecule has 5 nitrogen and oxygen atoms in total. The Morgan fingerprint density at radius 1 is 1.30 bits per heavy atom. The van der Waals surface area contributed by atoms with Gasteiger partial charge in [-0.3, -0.25) is 4.90 Å². The van der Waals surface area contributed by atoms with Gasteiger partial charge in [0.2, 0.25) is 0 Å². The zero-order valence-corrected chi connectivity index (χ0v) is 11.8. The first kappa shape index (κ1) is 14.8. The maximum atomic E-state index is 11.2. The Hall–Kier alpha value is -1.59. The van der Waals surface area contributed by atoms with E-state index in [-0.39, 0.29) is 18.7 Å². The molecule has 0 aromatic heterocycles. The minimum atomic E-state index is -0.875. The number of carboxylic acid groups (broad SMARTS) is 1. The van der Waals surface area contributed by atoms with Crippen LogP contribution in [-0.2, 0) is 6.54 Å². The lowest BCUT2D eigenvalue weighted by atomic mass is 10.0. The summed E-state index contributed by atoms with van der Waals surface area (Å²) in [6.07, 6.45) is -0.275. The zero-order chi connectivity index (χ0) is 14.5. The molecule has 1 aliphatic rings. The Bertz CT molecular complexity index is 438. The molecule has 110 valence electrons. The van der Waals surface area contributed by atoms with Gasteiger partial charge in [-0.25, -0.2) is 4.79 Å². The lowest BCUT2D eigenvalue weighted by Gasteiger charge is -2.44. The van der Waals surface area contributed by atoms with E-state index in [2.05, 4.69) is 17.0 Å². The van der Waals surface area contributed by atoms with Gasteiger partial charge in [0.1, 0.15) is 0 Å². The number of rotatable bonds is 4. The Balaban J connectivity index is 2.08. The first-order valence-electron chi connectivity index (χ1n) is 7.00. The average Bonchev–Trinajstić information content (AvgIpc) is 2.42. The lowest BCUT2D eigenvalue weighted by Crippen LogP contribution is -2.58. The van der Waals surface area contributed by atoms with Gasteiger partial charge in [0, 0.05) is 38.3 Å². The second-order valence-corrected chi connectivity index (χ2v) is 5.37.